The molecule has 0 fully saturated rings. The van der Waals surface area contributed by atoms with Gasteiger partial charge < -0.3 is 0 Å². The minimum atomic E-state index is 0. The van der Waals surface area contributed by atoms with Crippen LogP contribution < -0.4 is 0 Å². The number of halogens is 1. The fraction of sp³-hybridized carbons (Fsp3) is 1.00. The molecule has 0 saturated heterocycles. The second-order valence-electron chi connectivity index (χ2n) is 3.56. The Balaban J connectivity index is -0.000000720. The molecule has 0 spiro atoms. The molecule has 1 atom stereocenters. The maximum Gasteiger partial charge on any atom is -0.147 e. The van der Waals surface area contributed by atoms with Crippen LogP contribution in [0.15, 0.2) is 0 Å². The molecule has 0 bridgehead atoms. The van der Waals surface area contributed by atoms with Crippen LogP contribution in [0.3, 0.4) is 0 Å². The van der Waals surface area contributed by atoms with E-state index in [0.717, 1.165) is 0 Å². The molecular weight excluding hydrogens is 269 g/mol. The summed E-state index contributed by atoms with van der Waals surface area (Å²) in [6.07, 6.45) is 8.57. The summed E-state index contributed by atoms with van der Waals surface area (Å²) in [5.41, 5.74) is 0. The van der Waals surface area contributed by atoms with Gasteiger partial charge in [0.1, 0.15) is 0 Å². The zero-order chi connectivity index (χ0) is 9.94. The minimum absolute atomic E-state index is 0. The Kier molecular flexibility index (Phi) is 25.3. The molecule has 0 aromatic carbocycles. The second-order valence-corrected chi connectivity index (χ2v) is 6.68. The third kappa shape index (κ3) is 15.2. The SMILES string of the molecule is CCC[CH2][Co]([CH2]CCC)[CH2]CCC.Cl.P. The number of hydrogen-bond donors (Lipinski definition) is 0. The average molecular weight is 301 g/mol. The molecule has 0 amide bonds. The van der Waals surface area contributed by atoms with Gasteiger partial charge in [-0.1, -0.05) is 0 Å². The molecule has 0 saturated carbocycles. The van der Waals surface area contributed by atoms with Gasteiger partial charge >= 0.3 is 89.0 Å². The monoisotopic (exact) mass is 300 g/mol. The first kappa shape index (κ1) is 21.5. The number of unbranched alkanes of at least 4 members (excludes halogenated alkanes) is 3. The van der Waals surface area contributed by atoms with E-state index in [0.29, 0.717) is 13.7 Å². The maximum atomic E-state index is 2.31. The van der Waals surface area contributed by atoms with E-state index in [4.69, 9.17) is 0 Å². The number of rotatable bonds is 9. The van der Waals surface area contributed by atoms with Crippen molar-refractivity contribution in [1.82, 2.24) is 0 Å². The van der Waals surface area contributed by atoms with Crippen molar-refractivity contribution in [1.29, 1.82) is 0 Å². The predicted molar refractivity (Wildman–Crippen MR) is 77.5 cm³/mol. The van der Waals surface area contributed by atoms with Crippen LogP contribution in [0.4, 0.5) is 0 Å². The maximum absolute atomic E-state index is 2.31. The van der Waals surface area contributed by atoms with Crippen molar-refractivity contribution in [2.45, 2.75) is 75.4 Å². The van der Waals surface area contributed by atoms with Gasteiger partial charge in [0.05, 0.1) is 0 Å². The van der Waals surface area contributed by atoms with Crippen LogP contribution in [0.2, 0.25) is 16.1 Å². The summed E-state index contributed by atoms with van der Waals surface area (Å²) in [6, 6.07) is 0. The molecule has 0 aliphatic heterocycles. The van der Waals surface area contributed by atoms with Gasteiger partial charge in [-0.3, -0.25) is 0 Å². The van der Waals surface area contributed by atoms with Gasteiger partial charge in [0, 0.05) is 0 Å². The summed E-state index contributed by atoms with van der Waals surface area (Å²) >= 11 is 0.444. The zero-order valence-corrected chi connectivity index (χ0v) is 14.1. The summed E-state index contributed by atoms with van der Waals surface area (Å²) in [5.74, 6) is 0. The molecule has 100 valence electrons. The van der Waals surface area contributed by atoms with Gasteiger partial charge in [-0.05, 0) is 0 Å². The van der Waals surface area contributed by atoms with Gasteiger partial charge in [0.25, 0.3) is 0 Å². The third-order valence-electron chi connectivity index (χ3n) is 2.12. The van der Waals surface area contributed by atoms with Crippen molar-refractivity contribution in [2.24, 2.45) is 0 Å². The Morgan fingerprint density at radius 3 is 1.13 bits per heavy atom. The van der Waals surface area contributed by atoms with E-state index >= 15 is 0 Å². The van der Waals surface area contributed by atoms with Crippen molar-refractivity contribution >= 4 is 22.3 Å². The van der Waals surface area contributed by atoms with Crippen LogP contribution in [-0.4, -0.2) is 0 Å². The molecule has 0 aliphatic carbocycles. The molecule has 0 nitrogen and oxygen atoms in total. The van der Waals surface area contributed by atoms with Crippen molar-refractivity contribution in [3.8, 4) is 0 Å². The fourth-order valence-corrected chi connectivity index (χ4v) is 4.55. The van der Waals surface area contributed by atoms with Gasteiger partial charge in [0.2, 0.25) is 0 Å². The summed E-state index contributed by atoms with van der Waals surface area (Å²) in [7, 11) is 0. The van der Waals surface area contributed by atoms with Crippen LogP contribution in [0.25, 0.3) is 0 Å². The Hall–Kier alpha value is 1.23. The van der Waals surface area contributed by atoms with E-state index in [1.807, 2.05) is 0 Å². The van der Waals surface area contributed by atoms with Gasteiger partial charge in [0.15, 0.2) is 0 Å². The smallest absolute Gasteiger partial charge is 0.147 e. The van der Waals surface area contributed by atoms with Crippen LogP contribution in [0.1, 0.15) is 59.3 Å². The average Bonchev–Trinajstić information content (AvgIpc) is 2.17. The number of hydrogen-bond acceptors (Lipinski definition) is 0. The second kappa shape index (κ2) is 17.6. The quantitative estimate of drug-likeness (QED) is 0.476. The standard InChI is InChI=1S/3C4H9.ClH.Co.H3P/c3*1-3-4-2;;;/h3*1,3-4H2,2H3;1H;;1H3. The molecule has 0 aromatic rings. The van der Waals surface area contributed by atoms with E-state index in [1.54, 1.807) is 16.1 Å². The van der Waals surface area contributed by atoms with Crippen LogP contribution in [-0.2, 0) is 13.7 Å². The molecule has 0 heterocycles. The molecular formula is C12H31ClCoP. The van der Waals surface area contributed by atoms with E-state index in [9.17, 15) is 0 Å². The van der Waals surface area contributed by atoms with Crippen molar-refractivity contribution in [3.05, 3.63) is 0 Å². The zero-order valence-electron chi connectivity index (χ0n) is 10.8. The molecule has 0 radical (unpaired) electrons. The first-order valence-corrected chi connectivity index (χ1v) is 8.04. The molecule has 1 unspecified atom stereocenters. The molecule has 15 heavy (non-hydrogen) atoms. The molecule has 3 heteroatoms. The van der Waals surface area contributed by atoms with Gasteiger partial charge in [-0.15, -0.1) is 12.4 Å². The van der Waals surface area contributed by atoms with E-state index in [1.165, 1.54) is 38.5 Å². The van der Waals surface area contributed by atoms with Gasteiger partial charge in [-0.25, -0.2) is 0 Å². The molecule has 0 aliphatic rings. The van der Waals surface area contributed by atoms with E-state index in [-0.39, 0.29) is 22.3 Å². The normalized spacial score (nSPS) is 10.2. The Morgan fingerprint density at radius 1 is 0.667 bits per heavy atom. The van der Waals surface area contributed by atoms with E-state index in [2.05, 4.69) is 20.8 Å². The first-order valence-electron chi connectivity index (χ1n) is 5.83. The Labute approximate surface area is 111 Å². The topological polar surface area (TPSA) is 0 Å². The minimum Gasteiger partial charge on any atom is -0.153 e. The summed E-state index contributed by atoms with van der Waals surface area (Å²) in [5, 5.41) is 4.64. The fourth-order valence-electron chi connectivity index (χ4n) is 1.10. The Bertz CT molecular complexity index is 82.6. The molecule has 0 aromatic heterocycles. The molecule has 0 rings (SSSR count). The van der Waals surface area contributed by atoms with Crippen molar-refractivity contribution < 1.29 is 13.7 Å². The van der Waals surface area contributed by atoms with Crippen LogP contribution >= 0.6 is 22.3 Å². The summed E-state index contributed by atoms with van der Waals surface area (Å²) < 4.78 is 0. The third-order valence-corrected chi connectivity index (χ3v) is 5.43. The largest absolute Gasteiger partial charge is 0.153 e. The van der Waals surface area contributed by atoms with Crippen LogP contribution in [0.5, 0.6) is 0 Å². The first-order chi connectivity index (χ1) is 6.35. The van der Waals surface area contributed by atoms with Crippen molar-refractivity contribution in [3.63, 3.8) is 0 Å². The van der Waals surface area contributed by atoms with E-state index < -0.39 is 0 Å². The Morgan fingerprint density at radius 2 is 0.933 bits per heavy atom. The van der Waals surface area contributed by atoms with Crippen LogP contribution in [0, 0.1) is 0 Å². The molecule has 0 N–H and O–H groups in total. The summed E-state index contributed by atoms with van der Waals surface area (Å²) in [4.78, 5) is 0. The predicted octanol–water partition coefficient (Wildman–Crippen LogP) is 5.74. The van der Waals surface area contributed by atoms with Crippen molar-refractivity contribution in [2.75, 3.05) is 0 Å². The van der Waals surface area contributed by atoms with Gasteiger partial charge in [-0.2, -0.15) is 9.90 Å². The summed E-state index contributed by atoms with van der Waals surface area (Å²) in [6.45, 7) is 6.94.